The number of hydrogen-bond donors (Lipinski definition) is 1. The molecule has 0 fully saturated rings. The van der Waals surface area contributed by atoms with E-state index in [1.807, 2.05) is 0 Å². The molecule has 2 aromatic rings. The molecule has 0 saturated heterocycles. The zero-order valence-corrected chi connectivity index (χ0v) is 13.4. The Bertz CT molecular complexity index is 522. The summed E-state index contributed by atoms with van der Waals surface area (Å²) in [6.45, 7) is 5.28. The molecule has 2 atom stereocenters. The van der Waals surface area contributed by atoms with E-state index in [-0.39, 0.29) is 12.1 Å². The molecule has 0 aliphatic heterocycles. The molecule has 1 heterocycles. The molecule has 0 spiro atoms. The lowest BCUT2D eigenvalue weighted by Gasteiger charge is -2.33. The number of rotatable bonds is 6. The fraction of sp³-hybridized carbons (Fsp3) is 0.412. The maximum Gasteiger partial charge on any atom is 0.0502 e. The maximum atomic E-state index is 6.41. The Hall–Kier alpha value is -1.16. The molecular formula is C17H24N2S. The van der Waals surface area contributed by atoms with Crippen LogP contribution in [0.2, 0.25) is 0 Å². The highest BCUT2D eigenvalue weighted by atomic mass is 32.1. The van der Waals surface area contributed by atoms with Crippen LogP contribution in [-0.4, -0.2) is 18.0 Å². The molecule has 0 bridgehead atoms. The van der Waals surface area contributed by atoms with Crippen molar-refractivity contribution in [1.29, 1.82) is 0 Å². The minimum absolute atomic E-state index is 0.154. The van der Waals surface area contributed by atoms with E-state index < -0.39 is 0 Å². The van der Waals surface area contributed by atoms with Gasteiger partial charge in [-0.15, -0.1) is 11.3 Å². The van der Waals surface area contributed by atoms with E-state index in [4.69, 9.17) is 5.73 Å². The van der Waals surface area contributed by atoms with Crippen molar-refractivity contribution in [3.05, 3.63) is 57.8 Å². The van der Waals surface area contributed by atoms with Gasteiger partial charge in [-0.25, -0.2) is 0 Å². The third-order valence-corrected chi connectivity index (χ3v) is 4.71. The number of nitrogens with zero attached hydrogens (tertiary/aromatic N) is 1. The third kappa shape index (κ3) is 3.48. The Kier molecular flexibility index (Phi) is 5.35. The second-order valence-corrected chi connectivity index (χ2v) is 6.40. The van der Waals surface area contributed by atoms with Crippen LogP contribution in [0.1, 0.15) is 35.4 Å². The quantitative estimate of drug-likeness (QED) is 0.871. The summed E-state index contributed by atoms with van der Waals surface area (Å²) in [7, 11) is 2.17. The Morgan fingerprint density at radius 3 is 2.55 bits per heavy atom. The summed E-state index contributed by atoms with van der Waals surface area (Å²) < 4.78 is 0. The van der Waals surface area contributed by atoms with Crippen molar-refractivity contribution in [2.75, 3.05) is 7.05 Å². The van der Waals surface area contributed by atoms with Gasteiger partial charge in [-0.1, -0.05) is 37.3 Å². The van der Waals surface area contributed by atoms with Crippen LogP contribution >= 0.6 is 11.3 Å². The van der Waals surface area contributed by atoms with Crippen LogP contribution in [0, 0.1) is 6.92 Å². The first kappa shape index (κ1) is 15.2. The van der Waals surface area contributed by atoms with Crippen LogP contribution in [0.15, 0.2) is 41.8 Å². The monoisotopic (exact) mass is 288 g/mol. The molecule has 0 aliphatic rings. The van der Waals surface area contributed by atoms with Gasteiger partial charge in [0.15, 0.2) is 0 Å². The van der Waals surface area contributed by atoms with Crippen LogP contribution in [0.4, 0.5) is 0 Å². The normalized spacial score (nSPS) is 14.4. The lowest BCUT2D eigenvalue weighted by molar-refractivity contribution is 0.202. The largest absolute Gasteiger partial charge is 0.326 e. The fourth-order valence-corrected chi connectivity index (χ4v) is 3.45. The maximum absolute atomic E-state index is 6.41. The fourth-order valence-electron chi connectivity index (χ4n) is 2.68. The molecule has 2 nitrogen and oxygen atoms in total. The predicted molar refractivity (Wildman–Crippen MR) is 88.0 cm³/mol. The van der Waals surface area contributed by atoms with Crippen molar-refractivity contribution >= 4 is 11.3 Å². The first-order valence-corrected chi connectivity index (χ1v) is 8.05. The molecule has 0 aliphatic carbocycles. The van der Waals surface area contributed by atoms with Crippen molar-refractivity contribution in [3.63, 3.8) is 0 Å². The first-order chi connectivity index (χ1) is 9.63. The molecule has 2 rings (SSSR count). The van der Waals surface area contributed by atoms with E-state index >= 15 is 0 Å². The summed E-state index contributed by atoms with van der Waals surface area (Å²) in [5.41, 5.74) is 9.08. The van der Waals surface area contributed by atoms with Gasteiger partial charge >= 0.3 is 0 Å². The number of benzene rings is 1. The minimum atomic E-state index is 0.154. The van der Waals surface area contributed by atoms with E-state index in [1.165, 1.54) is 16.0 Å². The SMILES string of the molecule is CCC(N)C(c1ccccc1C)N(C)Cc1cccs1. The average Bonchev–Trinajstić information content (AvgIpc) is 2.93. The Morgan fingerprint density at radius 2 is 1.95 bits per heavy atom. The zero-order valence-electron chi connectivity index (χ0n) is 12.5. The van der Waals surface area contributed by atoms with E-state index in [2.05, 4.69) is 67.6 Å². The number of likely N-dealkylation sites (N-methyl/N-ethyl adjacent to an activating group) is 1. The highest BCUT2D eigenvalue weighted by Gasteiger charge is 2.24. The molecule has 3 heteroatoms. The molecule has 1 aromatic heterocycles. The van der Waals surface area contributed by atoms with Crippen LogP contribution in [0.25, 0.3) is 0 Å². The van der Waals surface area contributed by atoms with Gasteiger partial charge in [-0.05, 0) is 43.0 Å². The average molecular weight is 288 g/mol. The van der Waals surface area contributed by atoms with Gasteiger partial charge in [0.2, 0.25) is 0 Å². The highest BCUT2D eigenvalue weighted by molar-refractivity contribution is 7.09. The summed E-state index contributed by atoms with van der Waals surface area (Å²) in [4.78, 5) is 3.76. The summed E-state index contributed by atoms with van der Waals surface area (Å²) in [5.74, 6) is 0. The lowest BCUT2D eigenvalue weighted by atomic mass is 9.93. The number of hydrogen-bond acceptors (Lipinski definition) is 3. The zero-order chi connectivity index (χ0) is 14.5. The summed E-state index contributed by atoms with van der Waals surface area (Å²) in [6, 6.07) is 13.3. The molecule has 108 valence electrons. The first-order valence-electron chi connectivity index (χ1n) is 7.17. The lowest BCUT2D eigenvalue weighted by Crippen LogP contribution is -2.38. The molecule has 0 radical (unpaired) electrons. The van der Waals surface area contributed by atoms with Gasteiger partial charge in [0, 0.05) is 17.5 Å². The van der Waals surface area contributed by atoms with Gasteiger partial charge in [0.25, 0.3) is 0 Å². The van der Waals surface area contributed by atoms with Gasteiger partial charge in [-0.2, -0.15) is 0 Å². The Balaban J connectivity index is 2.25. The topological polar surface area (TPSA) is 29.3 Å². The number of aryl methyl sites for hydroxylation is 1. The summed E-state index contributed by atoms with van der Waals surface area (Å²) in [6.07, 6.45) is 0.980. The van der Waals surface area contributed by atoms with Gasteiger partial charge in [0.1, 0.15) is 0 Å². The van der Waals surface area contributed by atoms with E-state index in [9.17, 15) is 0 Å². The minimum Gasteiger partial charge on any atom is -0.326 e. The van der Waals surface area contributed by atoms with Crippen molar-refractivity contribution in [2.24, 2.45) is 5.73 Å². The van der Waals surface area contributed by atoms with Crippen molar-refractivity contribution in [3.8, 4) is 0 Å². The third-order valence-electron chi connectivity index (χ3n) is 3.84. The highest BCUT2D eigenvalue weighted by Crippen LogP contribution is 2.28. The van der Waals surface area contributed by atoms with Crippen LogP contribution in [-0.2, 0) is 6.54 Å². The van der Waals surface area contributed by atoms with Crippen LogP contribution in [0.5, 0.6) is 0 Å². The molecule has 2 N–H and O–H groups in total. The van der Waals surface area contributed by atoms with Gasteiger partial charge in [0.05, 0.1) is 6.04 Å². The molecular weight excluding hydrogens is 264 g/mol. The summed E-state index contributed by atoms with van der Waals surface area (Å²) in [5, 5.41) is 2.13. The second kappa shape index (κ2) is 7.02. The van der Waals surface area contributed by atoms with Gasteiger partial charge in [-0.3, -0.25) is 4.90 Å². The molecule has 0 amide bonds. The number of thiophene rings is 1. The van der Waals surface area contributed by atoms with Crippen LogP contribution in [0.3, 0.4) is 0 Å². The summed E-state index contributed by atoms with van der Waals surface area (Å²) >= 11 is 1.80. The molecule has 1 aromatic carbocycles. The van der Waals surface area contributed by atoms with E-state index in [0.29, 0.717) is 0 Å². The van der Waals surface area contributed by atoms with Crippen molar-refractivity contribution < 1.29 is 0 Å². The molecule has 0 saturated carbocycles. The smallest absolute Gasteiger partial charge is 0.0502 e. The second-order valence-electron chi connectivity index (χ2n) is 5.37. The molecule has 2 unspecified atom stereocenters. The van der Waals surface area contributed by atoms with E-state index in [0.717, 1.165) is 13.0 Å². The van der Waals surface area contributed by atoms with Crippen molar-refractivity contribution in [2.45, 2.75) is 38.9 Å². The van der Waals surface area contributed by atoms with Crippen molar-refractivity contribution in [1.82, 2.24) is 4.90 Å². The van der Waals surface area contributed by atoms with Crippen LogP contribution < -0.4 is 5.73 Å². The number of nitrogens with two attached hydrogens (primary N) is 1. The van der Waals surface area contributed by atoms with E-state index in [1.54, 1.807) is 11.3 Å². The molecule has 20 heavy (non-hydrogen) atoms. The Labute approximate surface area is 126 Å². The standard InChI is InChI=1S/C17H24N2S/c1-4-16(18)17(15-10-6-5-8-13(15)2)19(3)12-14-9-7-11-20-14/h5-11,16-17H,4,12,18H2,1-3H3. The predicted octanol–water partition coefficient (Wildman–Crippen LogP) is 3.97. The Morgan fingerprint density at radius 1 is 1.20 bits per heavy atom. The van der Waals surface area contributed by atoms with Gasteiger partial charge < -0.3 is 5.73 Å².